The van der Waals surface area contributed by atoms with Crippen molar-refractivity contribution in [1.82, 2.24) is 20.1 Å². The number of carbonyl (C=O) groups excluding carboxylic acids is 2. The molecule has 3 N–H and O–H groups in total. The lowest BCUT2D eigenvalue weighted by Crippen LogP contribution is -2.35. The Morgan fingerprint density at radius 1 is 1.10 bits per heavy atom. The van der Waals surface area contributed by atoms with Gasteiger partial charge >= 0.3 is 0 Å². The monoisotopic (exact) mass is 409 g/mol. The third-order valence-electron chi connectivity index (χ3n) is 4.49. The summed E-state index contributed by atoms with van der Waals surface area (Å²) in [5.74, 6) is -0.0324. The van der Waals surface area contributed by atoms with Crippen LogP contribution in [0.1, 0.15) is 18.1 Å². The molecule has 3 rings (SSSR count). The van der Waals surface area contributed by atoms with Gasteiger partial charge in [-0.2, -0.15) is 5.10 Å². The van der Waals surface area contributed by atoms with Gasteiger partial charge < -0.3 is 10.6 Å². The second-order valence-corrected chi connectivity index (χ2v) is 7.03. The molecule has 150 valence electrons. The van der Waals surface area contributed by atoms with E-state index in [1.807, 2.05) is 62.4 Å². The van der Waals surface area contributed by atoms with E-state index in [1.54, 1.807) is 4.57 Å². The Bertz CT molecular complexity index is 1070. The molecule has 8 heteroatoms. The van der Waals surface area contributed by atoms with Gasteiger partial charge in [-0.15, -0.1) is 0 Å². The molecule has 1 heterocycles. The molecule has 0 radical (unpaired) electrons. The Morgan fingerprint density at radius 3 is 2.55 bits per heavy atom. The molecular formula is C21H23N5O2S. The summed E-state index contributed by atoms with van der Waals surface area (Å²) in [5, 5.41) is 12.4. The summed E-state index contributed by atoms with van der Waals surface area (Å²) < 4.78 is 1.96. The van der Waals surface area contributed by atoms with E-state index in [9.17, 15) is 9.59 Å². The topological polar surface area (TPSA) is 91.8 Å². The van der Waals surface area contributed by atoms with Gasteiger partial charge in [-0.3, -0.25) is 19.3 Å². The van der Waals surface area contributed by atoms with E-state index >= 15 is 0 Å². The van der Waals surface area contributed by atoms with Crippen LogP contribution in [0.2, 0.25) is 0 Å². The summed E-state index contributed by atoms with van der Waals surface area (Å²) in [6.07, 6.45) is 0.809. The minimum atomic E-state index is -0.324. The first-order chi connectivity index (χ1) is 14.0. The summed E-state index contributed by atoms with van der Waals surface area (Å²) >= 11 is 5.25. The van der Waals surface area contributed by atoms with Gasteiger partial charge in [0.25, 0.3) is 0 Å². The fourth-order valence-corrected chi connectivity index (χ4v) is 3.11. The van der Waals surface area contributed by atoms with Gasteiger partial charge in [0.1, 0.15) is 6.54 Å². The summed E-state index contributed by atoms with van der Waals surface area (Å²) in [7, 11) is 0. The Balaban J connectivity index is 1.61. The number of rotatable bonds is 7. The molecule has 0 aliphatic heterocycles. The highest BCUT2D eigenvalue weighted by Crippen LogP contribution is 2.18. The van der Waals surface area contributed by atoms with Gasteiger partial charge in [0, 0.05) is 11.3 Å². The zero-order valence-corrected chi connectivity index (χ0v) is 17.2. The normalized spacial score (nSPS) is 10.6. The fourth-order valence-electron chi connectivity index (χ4n) is 2.91. The zero-order chi connectivity index (χ0) is 20.8. The predicted octanol–water partition coefficient (Wildman–Crippen LogP) is 3.23. The van der Waals surface area contributed by atoms with Crippen molar-refractivity contribution >= 4 is 29.7 Å². The first-order valence-corrected chi connectivity index (χ1v) is 9.75. The smallest absolute Gasteiger partial charge is 0.243 e. The Hall–Kier alpha value is -3.26. The van der Waals surface area contributed by atoms with Gasteiger partial charge in [-0.05, 0) is 37.2 Å². The van der Waals surface area contributed by atoms with Gasteiger partial charge in [0.15, 0.2) is 10.6 Å². The predicted molar refractivity (Wildman–Crippen MR) is 115 cm³/mol. The third-order valence-corrected chi connectivity index (χ3v) is 4.80. The maximum Gasteiger partial charge on any atom is 0.243 e. The van der Waals surface area contributed by atoms with Gasteiger partial charge in [0.05, 0.1) is 6.54 Å². The van der Waals surface area contributed by atoms with Crippen LogP contribution in [-0.2, 0) is 22.6 Å². The molecule has 0 unspecified atom stereocenters. The standard InChI is InChI=1S/C21H23N5O2S/c1-3-15-6-4-5-7-17(15)23-18(27)12-22-19(28)13-26-20(24-25-21(26)29)16-10-8-14(2)9-11-16/h4-11H,3,12-13H2,1-2H3,(H,22,28)(H,23,27)(H,25,29). The summed E-state index contributed by atoms with van der Waals surface area (Å²) in [6, 6.07) is 15.4. The Labute approximate surface area is 174 Å². The van der Waals surface area contributed by atoms with E-state index in [-0.39, 0.29) is 24.9 Å². The molecule has 2 amide bonds. The highest BCUT2D eigenvalue weighted by Gasteiger charge is 2.13. The van der Waals surface area contributed by atoms with Crippen LogP contribution in [0.25, 0.3) is 11.4 Å². The average molecular weight is 410 g/mol. The van der Waals surface area contributed by atoms with Crippen LogP contribution in [-0.4, -0.2) is 33.1 Å². The molecule has 0 aliphatic rings. The minimum Gasteiger partial charge on any atom is -0.345 e. The van der Waals surface area contributed by atoms with Gasteiger partial charge in [0.2, 0.25) is 11.8 Å². The number of nitrogens with one attached hydrogen (secondary N) is 3. The molecule has 0 bridgehead atoms. The zero-order valence-electron chi connectivity index (χ0n) is 16.4. The van der Waals surface area contributed by atoms with Crippen LogP contribution >= 0.6 is 12.2 Å². The maximum absolute atomic E-state index is 12.4. The van der Waals surface area contributed by atoms with E-state index in [0.29, 0.717) is 10.6 Å². The number of carbonyl (C=O) groups is 2. The maximum atomic E-state index is 12.4. The molecule has 0 spiro atoms. The van der Waals surface area contributed by atoms with Gasteiger partial charge in [-0.1, -0.05) is 55.0 Å². The van der Waals surface area contributed by atoms with Crippen LogP contribution in [0.4, 0.5) is 5.69 Å². The van der Waals surface area contributed by atoms with Gasteiger partial charge in [-0.25, -0.2) is 0 Å². The number of hydrogen-bond donors (Lipinski definition) is 3. The molecule has 0 saturated heterocycles. The molecule has 29 heavy (non-hydrogen) atoms. The van der Waals surface area contributed by atoms with Crippen molar-refractivity contribution in [2.45, 2.75) is 26.8 Å². The number of amides is 2. The lowest BCUT2D eigenvalue weighted by molar-refractivity contribution is -0.124. The van der Waals surface area contributed by atoms with E-state index < -0.39 is 0 Å². The number of anilines is 1. The summed E-state index contributed by atoms with van der Waals surface area (Å²) in [6.45, 7) is 3.87. The van der Waals surface area contributed by atoms with Crippen molar-refractivity contribution in [2.75, 3.05) is 11.9 Å². The first kappa shape index (κ1) is 20.5. The molecule has 0 atom stereocenters. The van der Waals surface area contributed by atoms with Crippen LogP contribution in [0.15, 0.2) is 48.5 Å². The number of nitrogens with zero attached hydrogens (tertiary/aromatic N) is 2. The number of hydrogen-bond acceptors (Lipinski definition) is 4. The summed E-state index contributed by atoms with van der Waals surface area (Å²) in [5.41, 5.74) is 3.78. The van der Waals surface area contributed by atoms with E-state index in [2.05, 4.69) is 20.8 Å². The van der Waals surface area contributed by atoms with Crippen LogP contribution in [0.3, 0.4) is 0 Å². The minimum absolute atomic E-state index is 0.0304. The van der Waals surface area contributed by atoms with E-state index in [4.69, 9.17) is 12.2 Å². The molecule has 2 aromatic carbocycles. The second-order valence-electron chi connectivity index (χ2n) is 6.64. The third kappa shape index (κ3) is 5.17. The molecule has 0 saturated carbocycles. The number of benzene rings is 2. The number of para-hydroxylation sites is 1. The Kier molecular flexibility index (Phi) is 6.56. The fraction of sp³-hybridized carbons (Fsp3) is 0.238. The number of H-pyrrole nitrogens is 1. The highest BCUT2D eigenvalue weighted by atomic mass is 32.1. The molecule has 0 aliphatic carbocycles. The van der Waals surface area contributed by atoms with Crippen molar-refractivity contribution in [3.63, 3.8) is 0 Å². The van der Waals surface area contributed by atoms with Crippen molar-refractivity contribution in [2.24, 2.45) is 0 Å². The Morgan fingerprint density at radius 2 is 1.83 bits per heavy atom. The lowest BCUT2D eigenvalue weighted by Gasteiger charge is -2.11. The first-order valence-electron chi connectivity index (χ1n) is 9.34. The van der Waals surface area contributed by atoms with Crippen molar-refractivity contribution < 1.29 is 9.59 Å². The molecule has 7 nitrogen and oxygen atoms in total. The highest BCUT2D eigenvalue weighted by molar-refractivity contribution is 7.71. The SMILES string of the molecule is CCc1ccccc1NC(=O)CNC(=O)Cn1c(-c2ccc(C)cc2)n[nH]c1=S. The number of aromatic amines is 1. The summed E-state index contributed by atoms with van der Waals surface area (Å²) in [4.78, 5) is 24.6. The number of aromatic nitrogens is 3. The molecule has 1 aromatic heterocycles. The van der Waals surface area contributed by atoms with E-state index in [0.717, 1.165) is 28.8 Å². The molecular weight excluding hydrogens is 386 g/mol. The van der Waals surface area contributed by atoms with Crippen molar-refractivity contribution in [3.8, 4) is 11.4 Å². The van der Waals surface area contributed by atoms with Crippen molar-refractivity contribution in [1.29, 1.82) is 0 Å². The van der Waals surface area contributed by atoms with Crippen LogP contribution in [0, 0.1) is 11.7 Å². The molecule has 3 aromatic rings. The number of aryl methyl sites for hydroxylation is 2. The molecule has 0 fully saturated rings. The average Bonchev–Trinajstić information content (AvgIpc) is 3.07. The van der Waals surface area contributed by atoms with E-state index in [1.165, 1.54) is 0 Å². The van der Waals surface area contributed by atoms with Crippen molar-refractivity contribution in [3.05, 3.63) is 64.4 Å². The van der Waals surface area contributed by atoms with Crippen LogP contribution < -0.4 is 10.6 Å². The second kappa shape index (κ2) is 9.29. The quantitative estimate of drug-likeness (QED) is 0.523. The largest absolute Gasteiger partial charge is 0.345 e. The van der Waals surface area contributed by atoms with Crippen LogP contribution in [0.5, 0.6) is 0 Å². The lowest BCUT2D eigenvalue weighted by atomic mass is 10.1.